The summed E-state index contributed by atoms with van der Waals surface area (Å²) in [4.78, 5) is 0. The topological polar surface area (TPSA) is 18.5 Å². The maximum absolute atomic E-state index is 5.68. The van der Waals surface area contributed by atoms with E-state index in [1.165, 1.54) is 12.8 Å². The lowest BCUT2D eigenvalue weighted by Gasteiger charge is -2.64. The molecule has 1 aliphatic heterocycles. The van der Waals surface area contributed by atoms with Crippen molar-refractivity contribution in [3.05, 3.63) is 0 Å². The zero-order valence-electron chi connectivity index (χ0n) is 8.54. The third kappa shape index (κ3) is 0.786. The lowest BCUT2D eigenvalue weighted by atomic mass is 9.43. The van der Waals surface area contributed by atoms with E-state index in [1.54, 1.807) is 7.69 Å². The van der Waals surface area contributed by atoms with Crippen molar-refractivity contribution in [3.63, 3.8) is 0 Å². The Labute approximate surface area is 80.3 Å². The van der Waals surface area contributed by atoms with Gasteiger partial charge in [-0.05, 0) is 37.0 Å². The van der Waals surface area contributed by atoms with E-state index in [2.05, 4.69) is 20.8 Å². The van der Waals surface area contributed by atoms with E-state index >= 15 is 0 Å². The predicted octanol–water partition coefficient (Wildman–Crippen LogP) is 1.76. The van der Waals surface area contributed by atoms with Crippen molar-refractivity contribution in [1.82, 2.24) is 0 Å². The molecule has 0 aromatic carbocycles. The zero-order chi connectivity index (χ0) is 9.27. The second-order valence-corrected chi connectivity index (χ2v) is 5.56. The second kappa shape index (κ2) is 2.14. The summed E-state index contributed by atoms with van der Waals surface area (Å²) < 4.78 is 11.2. The Morgan fingerprint density at radius 3 is 2.69 bits per heavy atom. The molecule has 0 aromatic rings. The van der Waals surface area contributed by atoms with Crippen LogP contribution in [0.1, 0.15) is 33.6 Å². The van der Waals surface area contributed by atoms with Crippen LogP contribution in [-0.4, -0.2) is 19.4 Å². The van der Waals surface area contributed by atoms with E-state index in [-0.39, 0.29) is 5.60 Å². The zero-order valence-corrected chi connectivity index (χ0v) is 8.54. The monoisotopic (exact) mass is 179 g/mol. The van der Waals surface area contributed by atoms with Gasteiger partial charge in [-0.15, -0.1) is 0 Å². The first kappa shape index (κ1) is 8.31. The van der Waals surface area contributed by atoms with Crippen LogP contribution >= 0.6 is 0 Å². The summed E-state index contributed by atoms with van der Waals surface area (Å²) >= 11 is 0. The molecule has 4 aliphatic rings. The molecule has 0 aromatic heterocycles. The third-order valence-corrected chi connectivity index (χ3v) is 4.82. The molecule has 2 bridgehead atoms. The maximum atomic E-state index is 5.68. The van der Waals surface area contributed by atoms with Gasteiger partial charge in [-0.1, -0.05) is 13.8 Å². The van der Waals surface area contributed by atoms with Crippen LogP contribution in [0.5, 0.6) is 0 Å². The number of rotatable bonds is 0. The van der Waals surface area contributed by atoms with Crippen LogP contribution in [0.2, 0.25) is 0 Å². The summed E-state index contributed by atoms with van der Waals surface area (Å²) in [6.45, 7) is 6.95. The highest BCUT2D eigenvalue weighted by Gasteiger charge is 2.65. The van der Waals surface area contributed by atoms with Crippen LogP contribution < -0.4 is 0 Å². The van der Waals surface area contributed by atoms with Crippen LogP contribution in [0.4, 0.5) is 0 Å². The van der Waals surface area contributed by atoms with E-state index in [0.29, 0.717) is 17.4 Å². The average molecular weight is 179 g/mol. The van der Waals surface area contributed by atoms with Gasteiger partial charge in [0.25, 0.3) is 0 Å². The van der Waals surface area contributed by atoms with Crippen molar-refractivity contribution in [2.75, 3.05) is 0 Å². The molecule has 4 fully saturated rings. The molecule has 3 aliphatic carbocycles. The molecular weight excluding hydrogens is 163 g/mol. The number of hydrogen-bond acceptors (Lipinski definition) is 2. The Morgan fingerprint density at radius 2 is 2.00 bits per heavy atom. The standard InChI is InChI=1S/C10H16BO2/c1-9(2)6-4-7(9)10(3)8(5-6)12-11-13-10/h6-8H,4-5H2,1-3H3/t6?,7?,8-,10+/m1/s1. The Hall–Kier alpha value is -0.0151. The van der Waals surface area contributed by atoms with Gasteiger partial charge in [0, 0.05) is 0 Å². The average Bonchev–Trinajstić information content (AvgIpc) is 2.44. The van der Waals surface area contributed by atoms with Crippen molar-refractivity contribution < 1.29 is 9.31 Å². The minimum Gasteiger partial charge on any atom is -0.407 e. The predicted molar refractivity (Wildman–Crippen MR) is 50.1 cm³/mol. The lowest BCUT2D eigenvalue weighted by Crippen LogP contribution is -2.65. The van der Waals surface area contributed by atoms with Gasteiger partial charge in [0.05, 0.1) is 11.7 Å². The molecule has 4 rings (SSSR count). The minimum absolute atomic E-state index is 0.0295. The molecule has 1 saturated heterocycles. The Balaban J connectivity index is 1.97. The molecule has 3 saturated carbocycles. The molecule has 2 nitrogen and oxygen atoms in total. The van der Waals surface area contributed by atoms with Crippen LogP contribution in [0.3, 0.4) is 0 Å². The Bertz CT molecular complexity index is 253. The van der Waals surface area contributed by atoms with Crippen LogP contribution in [0, 0.1) is 17.3 Å². The van der Waals surface area contributed by atoms with Crippen molar-refractivity contribution in [3.8, 4) is 0 Å². The molecule has 0 N–H and O–H groups in total. The van der Waals surface area contributed by atoms with Gasteiger partial charge in [-0.2, -0.15) is 0 Å². The fraction of sp³-hybridized carbons (Fsp3) is 1.00. The van der Waals surface area contributed by atoms with Crippen LogP contribution in [0.25, 0.3) is 0 Å². The van der Waals surface area contributed by atoms with Gasteiger partial charge in [0.15, 0.2) is 0 Å². The molecule has 1 heterocycles. The summed E-state index contributed by atoms with van der Waals surface area (Å²) in [5, 5.41) is 0. The van der Waals surface area contributed by atoms with E-state index in [1.807, 2.05) is 0 Å². The van der Waals surface area contributed by atoms with Gasteiger partial charge in [-0.3, -0.25) is 0 Å². The van der Waals surface area contributed by atoms with E-state index in [9.17, 15) is 0 Å². The minimum atomic E-state index is -0.0295. The van der Waals surface area contributed by atoms with Crippen molar-refractivity contribution in [2.24, 2.45) is 17.3 Å². The molecule has 71 valence electrons. The van der Waals surface area contributed by atoms with Gasteiger partial charge >= 0.3 is 7.69 Å². The Morgan fingerprint density at radius 1 is 1.23 bits per heavy atom. The maximum Gasteiger partial charge on any atom is 0.488 e. The first-order chi connectivity index (χ1) is 6.05. The summed E-state index contributed by atoms with van der Waals surface area (Å²) in [6, 6.07) is 0. The fourth-order valence-electron chi connectivity index (χ4n) is 3.65. The van der Waals surface area contributed by atoms with Gasteiger partial charge in [0.2, 0.25) is 0 Å². The van der Waals surface area contributed by atoms with E-state index in [4.69, 9.17) is 9.31 Å². The lowest BCUT2D eigenvalue weighted by molar-refractivity contribution is -0.199. The summed E-state index contributed by atoms with van der Waals surface area (Å²) in [5.41, 5.74) is 0.436. The summed E-state index contributed by atoms with van der Waals surface area (Å²) in [6.07, 6.45) is 2.83. The summed E-state index contributed by atoms with van der Waals surface area (Å²) in [7, 11) is 1.56. The molecule has 13 heavy (non-hydrogen) atoms. The smallest absolute Gasteiger partial charge is 0.407 e. The highest BCUT2D eigenvalue weighted by molar-refractivity contribution is 6.19. The van der Waals surface area contributed by atoms with Crippen LogP contribution in [0.15, 0.2) is 0 Å². The largest absolute Gasteiger partial charge is 0.488 e. The van der Waals surface area contributed by atoms with E-state index < -0.39 is 0 Å². The van der Waals surface area contributed by atoms with Crippen molar-refractivity contribution >= 4 is 7.69 Å². The molecule has 2 unspecified atom stereocenters. The quantitative estimate of drug-likeness (QED) is 0.527. The fourth-order valence-corrected chi connectivity index (χ4v) is 3.65. The van der Waals surface area contributed by atoms with Gasteiger partial charge < -0.3 is 9.31 Å². The molecule has 1 radical (unpaired) electrons. The normalized spacial score (nSPS) is 56.4. The summed E-state index contributed by atoms with van der Waals surface area (Å²) in [5.74, 6) is 1.54. The van der Waals surface area contributed by atoms with E-state index in [0.717, 1.165) is 5.92 Å². The van der Waals surface area contributed by atoms with Crippen LogP contribution in [-0.2, 0) is 9.31 Å². The highest BCUT2D eigenvalue weighted by atomic mass is 16.6. The first-order valence-electron chi connectivity index (χ1n) is 5.20. The van der Waals surface area contributed by atoms with Gasteiger partial charge in [0.1, 0.15) is 0 Å². The van der Waals surface area contributed by atoms with Gasteiger partial charge in [-0.25, -0.2) is 0 Å². The number of hydrogen-bond donors (Lipinski definition) is 0. The Kier molecular flexibility index (Phi) is 1.37. The highest BCUT2D eigenvalue weighted by Crippen LogP contribution is 2.65. The first-order valence-corrected chi connectivity index (χ1v) is 5.20. The molecule has 3 heteroatoms. The molecule has 0 spiro atoms. The SMILES string of the molecule is CC1(C)C2CC1[C@]1(C)O[B]O[C@@H]1C2. The van der Waals surface area contributed by atoms with Crippen molar-refractivity contribution in [2.45, 2.75) is 45.3 Å². The molecular formula is C10H16BO2. The third-order valence-electron chi connectivity index (χ3n) is 4.82. The second-order valence-electron chi connectivity index (χ2n) is 5.56. The molecule has 4 atom stereocenters. The van der Waals surface area contributed by atoms with Crippen molar-refractivity contribution in [1.29, 1.82) is 0 Å². The molecule has 0 amide bonds.